The van der Waals surface area contributed by atoms with Gasteiger partial charge in [0.2, 0.25) is 5.91 Å². The van der Waals surface area contributed by atoms with Crippen LogP contribution in [0.2, 0.25) is 0 Å². The molecule has 0 unspecified atom stereocenters. The van der Waals surface area contributed by atoms with Gasteiger partial charge in [-0.15, -0.1) is 11.3 Å². The van der Waals surface area contributed by atoms with Crippen LogP contribution in [0.5, 0.6) is 0 Å². The second-order valence-electron chi connectivity index (χ2n) is 5.43. The lowest BCUT2D eigenvalue weighted by atomic mass is 10.1. The highest BCUT2D eigenvalue weighted by atomic mass is 32.1. The third-order valence-corrected chi connectivity index (χ3v) is 4.51. The quantitative estimate of drug-likeness (QED) is 0.738. The number of thiazole rings is 1. The van der Waals surface area contributed by atoms with Crippen LogP contribution < -0.4 is 4.90 Å². The highest BCUT2D eigenvalue weighted by Crippen LogP contribution is 2.22. The third-order valence-electron chi connectivity index (χ3n) is 3.74. The van der Waals surface area contributed by atoms with Crippen LogP contribution in [0.1, 0.15) is 23.7 Å². The smallest absolute Gasteiger partial charge is 0.233 e. The molecule has 0 aliphatic carbocycles. The summed E-state index contributed by atoms with van der Waals surface area (Å²) in [5.41, 5.74) is 4.14. The largest absolute Gasteiger partial charge is 0.312 e. The molecule has 3 aromatic rings. The minimum absolute atomic E-state index is 0.0835. The van der Waals surface area contributed by atoms with E-state index in [1.807, 2.05) is 53.1 Å². The molecular formula is C17H19N3OS. The van der Waals surface area contributed by atoms with E-state index in [1.165, 1.54) is 5.56 Å². The molecule has 0 N–H and O–H groups in total. The molecular weight excluding hydrogens is 294 g/mol. The summed E-state index contributed by atoms with van der Waals surface area (Å²) in [7, 11) is 0. The minimum Gasteiger partial charge on any atom is -0.312 e. The fraction of sp³-hybridized carbons (Fsp3) is 0.294. The Morgan fingerprint density at radius 3 is 2.86 bits per heavy atom. The van der Waals surface area contributed by atoms with Gasteiger partial charge in [-0.25, -0.2) is 4.98 Å². The standard InChI is InChI=1S/C17H19N3OS/c1-4-20(15-6-5-12(2)9-13(15)3)16(21)10-14-11-19-7-8-22-17(19)18-14/h5-9,11H,4,10H2,1-3H3. The molecule has 0 aliphatic heterocycles. The Hall–Kier alpha value is -2.14. The number of anilines is 1. The van der Waals surface area contributed by atoms with Gasteiger partial charge in [0.15, 0.2) is 4.96 Å². The first-order valence-corrected chi connectivity index (χ1v) is 8.25. The summed E-state index contributed by atoms with van der Waals surface area (Å²) in [5, 5.41) is 1.99. The Labute approximate surface area is 134 Å². The molecule has 2 heterocycles. The van der Waals surface area contributed by atoms with E-state index in [9.17, 15) is 4.79 Å². The van der Waals surface area contributed by atoms with E-state index in [4.69, 9.17) is 0 Å². The summed E-state index contributed by atoms with van der Waals surface area (Å²) in [4.78, 5) is 19.9. The maximum absolute atomic E-state index is 12.7. The van der Waals surface area contributed by atoms with Crippen LogP contribution in [0.15, 0.2) is 36.0 Å². The lowest BCUT2D eigenvalue weighted by Gasteiger charge is -2.23. The fourth-order valence-electron chi connectivity index (χ4n) is 2.70. The number of benzene rings is 1. The monoisotopic (exact) mass is 313 g/mol. The molecule has 22 heavy (non-hydrogen) atoms. The average molecular weight is 313 g/mol. The van der Waals surface area contributed by atoms with Crippen molar-refractivity contribution in [2.45, 2.75) is 27.2 Å². The van der Waals surface area contributed by atoms with Gasteiger partial charge in [-0.1, -0.05) is 17.7 Å². The van der Waals surface area contributed by atoms with Crippen molar-refractivity contribution in [3.63, 3.8) is 0 Å². The second kappa shape index (κ2) is 5.93. The second-order valence-corrected chi connectivity index (χ2v) is 6.30. The van der Waals surface area contributed by atoms with Gasteiger partial charge in [-0.3, -0.25) is 9.20 Å². The van der Waals surface area contributed by atoms with Gasteiger partial charge in [-0.2, -0.15) is 0 Å². The maximum Gasteiger partial charge on any atom is 0.233 e. The van der Waals surface area contributed by atoms with Crippen LogP contribution in [0.3, 0.4) is 0 Å². The lowest BCUT2D eigenvalue weighted by molar-refractivity contribution is -0.118. The number of amides is 1. The highest BCUT2D eigenvalue weighted by Gasteiger charge is 2.17. The molecule has 1 aromatic carbocycles. The van der Waals surface area contributed by atoms with Crippen molar-refractivity contribution in [2.24, 2.45) is 0 Å². The predicted molar refractivity (Wildman–Crippen MR) is 90.7 cm³/mol. The van der Waals surface area contributed by atoms with Gasteiger partial charge in [-0.05, 0) is 32.4 Å². The molecule has 0 fully saturated rings. The zero-order valence-corrected chi connectivity index (χ0v) is 13.9. The van der Waals surface area contributed by atoms with E-state index in [-0.39, 0.29) is 5.91 Å². The number of aryl methyl sites for hydroxylation is 2. The number of imidazole rings is 1. The van der Waals surface area contributed by atoms with Gasteiger partial charge >= 0.3 is 0 Å². The Morgan fingerprint density at radius 2 is 2.18 bits per heavy atom. The lowest BCUT2D eigenvalue weighted by Crippen LogP contribution is -2.32. The van der Waals surface area contributed by atoms with E-state index in [2.05, 4.69) is 18.0 Å². The van der Waals surface area contributed by atoms with Crippen molar-refractivity contribution in [3.8, 4) is 0 Å². The highest BCUT2D eigenvalue weighted by molar-refractivity contribution is 7.15. The molecule has 3 rings (SSSR count). The molecule has 0 saturated heterocycles. The van der Waals surface area contributed by atoms with E-state index in [1.54, 1.807) is 11.3 Å². The van der Waals surface area contributed by atoms with E-state index >= 15 is 0 Å². The molecule has 0 aliphatic rings. The molecule has 2 aromatic heterocycles. The number of likely N-dealkylation sites (N-methyl/N-ethyl adjacent to an activating group) is 1. The summed E-state index contributed by atoms with van der Waals surface area (Å²) in [6.45, 7) is 6.77. The molecule has 1 amide bonds. The number of aromatic nitrogens is 2. The number of hydrogen-bond donors (Lipinski definition) is 0. The third kappa shape index (κ3) is 2.76. The number of carbonyl (C=O) groups excluding carboxylic acids is 1. The first-order valence-electron chi connectivity index (χ1n) is 7.37. The Kier molecular flexibility index (Phi) is 3.98. The molecule has 0 atom stereocenters. The molecule has 5 heteroatoms. The van der Waals surface area contributed by atoms with Crippen molar-refractivity contribution >= 4 is 27.9 Å². The van der Waals surface area contributed by atoms with Gasteiger partial charge in [0, 0.05) is 30.0 Å². The number of fused-ring (bicyclic) bond motifs is 1. The van der Waals surface area contributed by atoms with Gasteiger partial charge in [0.1, 0.15) is 0 Å². The molecule has 0 saturated carbocycles. The van der Waals surface area contributed by atoms with Crippen LogP contribution in [0.4, 0.5) is 5.69 Å². The maximum atomic E-state index is 12.7. The van der Waals surface area contributed by atoms with Gasteiger partial charge < -0.3 is 4.90 Å². The zero-order valence-electron chi connectivity index (χ0n) is 13.0. The van der Waals surface area contributed by atoms with Crippen LogP contribution in [0.25, 0.3) is 4.96 Å². The minimum atomic E-state index is 0.0835. The zero-order chi connectivity index (χ0) is 15.7. The molecule has 0 bridgehead atoms. The summed E-state index contributed by atoms with van der Waals surface area (Å²) in [6.07, 6.45) is 4.22. The first-order chi connectivity index (χ1) is 10.6. The SMILES string of the molecule is CCN(C(=O)Cc1cn2ccsc2n1)c1ccc(C)cc1C. The van der Waals surface area contributed by atoms with Gasteiger partial charge in [0.25, 0.3) is 0 Å². The van der Waals surface area contributed by atoms with Crippen molar-refractivity contribution in [1.82, 2.24) is 9.38 Å². The molecule has 0 spiro atoms. The van der Waals surface area contributed by atoms with Crippen LogP contribution in [-0.2, 0) is 11.2 Å². The number of rotatable bonds is 4. The van der Waals surface area contributed by atoms with Crippen molar-refractivity contribution < 1.29 is 4.79 Å². The van der Waals surface area contributed by atoms with Crippen LogP contribution in [-0.4, -0.2) is 21.8 Å². The summed E-state index contributed by atoms with van der Waals surface area (Å²) >= 11 is 1.58. The van der Waals surface area contributed by atoms with Crippen molar-refractivity contribution in [2.75, 3.05) is 11.4 Å². The average Bonchev–Trinajstić information content (AvgIpc) is 3.03. The summed E-state index contributed by atoms with van der Waals surface area (Å²) < 4.78 is 1.96. The van der Waals surface area contributed by atoms with Crippen molar-refractivity contribution in [3.05, 3.63) is 52.8 Å². The van der Waals surface area contributed by atoms with E-state index in [0.29, 0.717) is 13.0 Å². The Balaban J connectivity index is 1.83. The van der Waals surface area contributed by atoms with Crippen molar-refractivity contribution in [1.29, 1.82) is 0 Å². The molecule has 4 nitrogen and oxygen atoms in total. The Bertz CT molecular complexity index is 790. The van der Waals surface area contributed by atoms with E-state index in [0.717, 1.165) is 21.9 Å². The molecule has 0 radical (unpaired) electrons. The van der Waals surface area contributed by atoms with E-state index < -0.39 is 0 Å². The summed E-state index contributed by atoms with van der Waals surface area (Å²) in [6, 6.07) is 6.18. The predicted octanol–water partition coefficient (Wildman–Crippen LogP) is 3.61. The van der Waals surface area contributed by atoms with Gasteiger partial charge in [0.05, 0.1) is 12.1 Å². The summed E-state index contributed by atoms with van der Waals surface area (Å²) in [5.74, 6) is 0.0835. The fourth-order valence-corrected chi connectivity index (χ4v) is 3.42. The number of nitrogens with zero attached hydrogens (tertiary/aromatic N) is 3. The van der Waals surface area contributed by atoms with Crippen LogP contribution in [0, 0.1) is 13.8 Å². The topological polar surface area (TPSA) is 37.6 Å². The number of hydrogen-bond acceptors (Lipinski definition) is 3. The van der Waals surface area contributed by atoms with Crippen LogP contribution >= 0.6 is 11.3 Å². The molecule has 114 valence electrons. The normalized spacial score (nSPS) is 11.0. The first kappa shape index (κ1) is 14.8. The number of carbonyl (C=O) groups is 1. The Morgan fingerprint density at radius 1 is 1.36 bits per heavy atom.